The van der Waals surface area contributed by atoms with Crippen molar-refractivity contribution in [3.63, 3.8) is 0 Å². The highest BCUT2D eigenvalue weighted by Gasteiger charge is 2.28. The van der Waals surface area contributed by atoms with E-state index >= 15 is 0 Å². The fourth-order valence-electron chi connectivity index (χ4n) is 4.23. The molecule has 0 spiro atoms. The Bertz CT molecular complexity index is 1250. The Morgan fingerprint density at radius 3 is 3.13 bits per heavy atom. The first-order chi connectivity index (χ1) is 15.1. The second-order valence-electron chi connectivity index (χ2n) is 7.75. The van der Waals surface area contributed by atoms with Crippen molar-refractivity contribution < 1.29 is 9.18 Å². The summed E-state index contributed by atoms with van der Waals surface area (Å²) in [6.07, 6.45) is 5.74. The summed E-state index contributed by atoms with van der Waals surface area (Å²) in [5.41, 5.74) is 3.10. The first kappa shape index (κ1) is 19.7. The normalized spacial score (nSPS) is 16.8. The highest BCUT2D eigenvalue weighted by atomic mass is 35.5. The summed E-state index contributed by atoms with van der Waals surface area (Å²) in [6.45, 7) is 1.82. The van der Waals surface area contributed by atoms with Crippen molar-refractivity contribution in [2.45, 2.75) is 19.3 Å². The first-order valence-corrected chi connectivity index (χ1v) is 10.6. The molecule has 1 aliphatic rings. The van der Waals surface area contributed by atoms with Crippen LogP contribution in [0.25, 0.3) is 22.1 Å². The van der Waals surface area contributed by atoms with Crippen molar-refractivity contribution >= 4 is 45.4 Å². The number of hydrogen-bond donors (Lipinski definition) is 3. The Balaban J connectivity index is 1.23. The molecule has 1 aromatic carbocycles. The quantitative estimate of drug-likeness (QED) is 0.413. The molecule has 0 unspecified atom stereocenters. The number of fused-ring (bicyclic) bond motifs is 2. The van der Waals surface area contributed by atoms with Crippen LogP contribution in [0.15, 0.2) is 30.7 Å². The molecule has 0 bridgehead atoms. The largest absolute Gasteiger partial charge is 0.361 e. The number of rotatable bonds is 5. The molecule has 1 fully saturated rings. The van der Waals surface area contributed by atoms with Gasteiger partial charge in [0.25, 0.3) is 0 Å². The number of aromatic amines is 2. The van der Waals surface area contributed by atoms with E-state index in [2.05, 4.69) is 35.1 Å². The van der Waals surface area contributed by atoms with Crippen molar-refractivity contribution in [1.29, 1.82) is 0 Å². The van der Waals surface area contributed by atoms with Gasteiger partial charge in [-0.3, -0.25) is 4.79 Å². The number of H-pyrrole nitrogens is 2. The lowest BCUT2D eigenvalue weighted by molar-refractivity contribution is -0.125. The van der Waals surface area contributed by atoms with Crippen molar-refractivity contribution in [1.82, 2.24) is 30.2 Å². The Morgan fingerprint density at radius 1 is 1.32 bits per heavy atom. The zero-order valence-electron chi connectivity index (χ0n) is 16.7. The molecule has 0 radical (unpaired) electrons. The summed E-state index contributed by atoms with van der Waals surface area (Å²) >= 11 is 6.06. The van der Waals surface area contributed by atoms with Crippen LogP contribution in [-0.2, 0) is 11.2 Å². The van der Waals surface area contributed by atoms with E-state index in [1.807, 2.05) is 6.20 Å². The minimum atomic E-state index is -0.268. The second kappa shape index (κ2) is 8.14. The molecule has 4 heterocycles. The van der Waals surface area contributed by atoms with Gasteiger partial charge in [0.15, 0.2) is 11.5 Å². The van der Waals surface area contributed by atoms with E-state index in [4.69, 9.17) is 11.6 Å². The molecule has 31 heavy (non-hydrogen) atoms. The minimum Gasteiger partial charge on any atom is -0.361 e. The molecule has 1 saturated heterocycles. The van der Waals surface area contributed by atoms with Gasteiger partial charge in [0.1, 0.15) is 11.3 Å². The van der Waals surface area contributed by atoms with Gasteiger partial charge in [0, 0.05) is 36.7 Å². The number of anilines is 1. The van der Waals surface area contributed by atoms with Gasteiger partial charge in [-0.1, -0.05) is 0 Å². The van der Waals surface area contributed by atoms with Crippen molar-refractivity contribution in [3.8, 4) is 0 Å². The lowest BCUT2D eigenvalue weighted by Crippen LogP contribution is -2.44. The fraction of sp³-hybridized carbons (Fsp3) is 0.333. The van der Waals surface area contributed by atoms with Crippen LogP contribution in [0, 0.1) is 11.7 Å². The van der Waals surface area contributed by atoms with E-state index < -0.39 is 0 Å². The van der Waals surface area contributed by atoms with Gasteiger partial charge in [-0.15, -0.1) is 0 Å². The Labute approximate surface area is 182 Å². The Kier molecular flexibility index (Phi) is 5.19. The summed E-state index contributed by atoms with van der Waals surface area (Å²) < 4.78 is 13.6. The molecular weight excluding hydrogens is 421 g/mol. The number of carbonyl (C=O) groups excluding carboxylic acids is 1. The highest BCUT2D eigenvalue weighted by Crippen LogP contribution is 2.27. The number of hydrogen-bond acceptors (Lipinski definition) is 5. The van der Waals surface area contributed by atoms with Gasteiger partial charge >= 0.3 is 0 Å². The van der Waals surface area contributed by atoms with Crippen LogP contribution >= 0.6 is 11.6 Å². The van der Waals surface area contributed by atoms with E-state index in [-0.39, 0.29) is 22.9 Å². The number of halogens is 2. The number of aromatic nitrogens is 5. The summed E-state index contributed by atoms with van der Waals surface area (Å²) in [5.74, 6) is 0.263. The third-order valence-electron chi connectivity index (χ3n) is 5.75. The topological polar surface area (TPSA) is 103 Å². The molecule has 8 nitrogen and oxygen atoms in total. The smallest absolute Gasteiger partial charge is 0.226 e. The summed E-state index contributed by atoms with van der Waals surface area (Å²) in [6, 6.07) is 4.67. The minimum absolute atomic E-state index is 0.0109. The third kappa shape index (κ3) is 3.93. The summed E-state index contributed by atoms with van der Waals surface area (Å²) in [5, 5.41) is 4.02. The number of nitrogens with zero attached hydrogens (tertiary/aromatic N) is 4. The maximum absolute atomic E-state index is 13.6. The van der Waals surface area contributed by atoms with Gasteiger partial charge in [0.05, 0.1) is 12.2 Å². The van der Waals surface area contributed by atoms with E-state index in [1.54, 1.807) is 12.4 Å². The average molecular weight is 442 g/mol. The Morgan fingerprint density at radius 2 is 2.23 bits per heavy atom. The number of amides is 1. The second-order valence-corrected chi connectivity index (χ2v) is 8.09. The maximum Gasteiger partial charge on any atom is 0.226 e. The molecule has 3 N–H and O–H groups in total. The predicted molar refractivity (Wildman–Crippen MR) is 117 cm³/mol. The van der Waals surface area contributed by atoms with Gasteiger partial charge in [-0.25, -0.2) is 9.37 Å². The van der Waals surface area contributed by atoms with Crippen LogP contribution in [0.5, 0.6) is 0 Å². The van der Waals surface area contributed by atoms with Gasteiger partial charge in [-0.05, 0) is 54.6 Å². The van der Waals surface area contributed by atoms with E-state index in [0.29, 0.717) is 31.0 Å². The highest BCUT2D eigenvalue weighted by molar-refractivity contribution is 6.28. The van der Waals surface area contributed by atoms with Gasteiger partial charge < -0.3 is 20.2 Å². The zero-order valence-corrected chi connectivity index (χ0v) is 17.4. The van der Waals surface area contributed by atoms with E-state index in [0.717, 1.165) is 41.4 Å². The van der Waals surface area contributed by atoms with E-state index in [1.165, 1.54) is 12.1 Å². The van der Waals surface area contributed by atoms with Crippen molar-refractivity contribution in [3.05, 3.63) is 47.4 Å². The van der Waals surface area contributed by atoms with E-state index in [9.17, 15) is 9.18 Å². The van der Waals surface area contributed by atoms with Crippen LogP contribution < -0.4 is 10.2 Å². The molecular formula is C21H21ClFN7O. The molecule has 4 aromatic rings. The average Bonchev–Trinajstić information content (AvgIpc) is 3.40. The number of carbonyl (C=O) groups is 1. The van der Waals surface area contributed by atoms with Crippen molar-refractivity contribution in [2.24, 2.45) is 5.92 Å². The molecule has 1 atom stereocenters. The monoisotopic (exact) mass is 441 g/mol. The summed E-state index contributed by atoms with van der Waals surface area (Å²) in [4.78, 5) is 33.7. The summed E-state index contributed by atoms with van der Waals surface area (Å²) in [7, 11) is 0. The SMILES string of the molecule is O=C(NCCc1c[nH]c2ccc(F)cc12)[C@H]1CCCN(c2nc(Cl)nc3nc[nH]c23)C1. The van der Waals surface area contributed by atoms with Crippen molar-refractivity contribution in [2.75, 3.05) is 24.5 Å². The number of piperidine rings is 1. The van der Waals surface area contributed by atoms with Crippen LogP contribution in [0.2, 0.25) is 5.28 Å². The first-order valence-electron chi connectivity index (χ1n) is 10.2. The molecule has 5 rings (SSSR count). The number of benzene rings is 1. The van der Waals surface area contributed by atoms with Crippen LogP contribution in [0.4, 0.5) is 10.2 Å². The van der Waals surface area contributed by atoms with Crippen LogP contribution in [-0.4, -0.2) is 50.5 Å². The van der Waals surface area contributed by atoms with Crippen LogP contribution in [0.1, 0.15) is 18.4 Å². The lowest BCUT2D eigenvalue weighted by Gasteiger charge is -2.33. The third-order valence-corrected chi connectivity index (χ3v) is 5.92. The zero-order chi connectivity index (χ0) is 21.4. The molecule has 0 saturated carbocycles. The predicted octanol–water partition coefficient (Wildman–Crippen LogP) is 3.20. The molecule has 3 aromatic heterocycles. The fourth-order valence-corrected chi connectivity index (χ4v) is 4.39. The lowest BCUT2D eigenvalue weighted by atomic mass is 9.97. The number of nitrogens with one attached hydrogen (secondary N) is 3. The molecule has 160 valence electrons. The molecule has 1 amide bonds. The Hall–Kier alpha value is -3.20. The molecule has 0 aliphatic carbocycles. The van der Waals surface area contributed by atoms with Gasteiger partial charge in [-0.2, -0.15) is 9.97 Å². The standard InChI is InChI=1S/C21H21ClFN7O/c22-21-28-18-17(26-11-27-18)19(29-21)30-7-1-2-13(10-30)20(31)24-6-5-12-9-25-16-4-3-14(23)8-15(12)16/h3-4,8-9,11,13,25H,1-2,5-7,10H2,(H,24,31)(H,26,27,28,29)/t13-/m0/s1. The maximum atomic E-state index is 13.6. The molecule has 10 heteroatoms. The van der Waals surface area contributed by atoms with Crippen LogP contribution in [0.3, 0.4) is 0 Å². The number of imidazole rings is 1. The van der Waals surface area contributed by atoms with Gasteiger partial charge in [0.2, 0.25) is 11.2 Å². The molecule has 1 aliphatic heterocycles.